The fourth-order valence-electron chi connectivity index (χ4n) is 2.93. The Morgan fingerprint density at radius 3 is 2.34 bits per heavy atom. The van der Waals surface area contributed by atoms with E-state index in [-0.39, 0.29) is 22.8 Å². The highest BCUT2D eigenvalue weighted by Gasteiger charge is 2.29. The average Bonchev–Trinajstić information content (AvgIpc) is 3.20. The maximum absolute atomic E-state index is 12.8. The Hall–Kier alpha value is -3.50. The van der Waals surface area contributed by atoms with E-state index in [1.54, 1.807) is 30.6 Å². The number of nitro benzene ring substituents is 1. The molecule has 0 saturated carbocycles. The highest BCUT2D eigenvalue weighted by atomic mass is 16.6. The Morgan fingerprint density at radius 1 is 1.14 bits per heavy atom. The van der Waals surface area contributed by atoms with Gasteiger partial charge in [-0.25, -0.2) is 14.5 Å². The second-order valence-corrected chi connectivity index (χ2v) is 7.56. The Balaban J connectivity index is 1.71. The van der Waals surface area contributed by atoms with Gasteiger partial charge in [0, 0.05) is 37.8 Å². The zero-order chi connectivity index (χ0) is 21.2. The maximum Gasteiger partial charge on any atom is 0.410 e. The van der Waals surface area contributed by atoms with Gasteiger partial charge in [-0.1, -0.05) is 0 Å². The first-order valence-electron chi connectivity index (χ1n) is 9.06. The highest BCUT2D eigenvalue weighted by molar-refractivity contribution is 5.95. The monoisotopic (exact) mass is 402 g/mol. The van der Waals surface area contributed by atoms with Crippen LogP contribution in [0.15, 0.2) is 30.9 Å². The Bertz CT molecular complexity index is 913. The molecule has 0 bridgehead atoms. The number of aromatic nitrogens is 3. The average molecular weight is 402 g/mol. The lowest BCUT2D eigenvalue weighted by Crippen LogP contribution is -2.51. The summed E-state index contributed by atoms with van der Waals surface area (Å²) in [5.41, 5.74) is -0.409. The quantitative estimate of drug-likeness (QED) is 0.567. The summed E-state index contributed by atoms with van der Waals surface area (Å²) < 4.78 is 6.61. The van der Waals surface area contributed by atoms with Crippen LogP contribution in [0.5, 0.6) is 0 Å². The van der Waals surface area contributed by atoms with E-state index in [1.807, 2.05) is 0 Å². The van der Waals surface area contributed by atoms with Crippen molar-refractivity contribution in [2.24, 2.45) is 0 Å². The smallest absolute Gasteiger partial charge is 0.410 e. The van der Waals surface area contributed by atoms with Crippen molar-refractivity contribution in [3.05, 3.63) is 46.5 Å². The molecule has 2 aromatic rings. The molecule has 1 aliphatic heterocycles. The largest absolute Gasteiger partial charge is 0.444 e. The number of hydrogen-bond donors (Lipinski definition) is 0. The fourth-order valence-corrected chi connectivity index (χ4v) is 2.93. The summed E-state index contributed by atoms with van der Waals surface area (Å²) in [6, 6.07) is 4.23. The van der Waals surface area contributed by atoms with Crippen molar-refractivity contribution in [1.29, 1.82) is 0 Å². The second kappa shape index (κ2) is 7.86. The van der Waals surface area contributed by atoms with Crippen LogP contribution in [0.25, 0.3) is 5.69 Å². The molecule has 1 aliphatic rings. The predicted molar refractivity (Wildman–Crippen MR) is 102 cm³/mol. The molecule has 29 heavy (non-hydrogen) atoms. The number of carbonyl (C=O) groups excluding carboxylic acids is 2. The van der Waals surface area contributed by atoms with Gasteiger partial charge in [0.1, 0.15) is 23.9 Å². The summed E-state index contributed by atoms with van der Waals surface area (Å²) in [7, 11) is 0. The van der Waals surface area contributed by atoms with E-state index >= 15 is 0 Å². The van der Waals surface area contributed by atoms with Gasteiger partial charge in [0.15, 0.2) is 0 Å². The molecule has 0 unspecified atom stereocenters. The molecule has 1 aromatic carbocycles. The molecule has 154 valence electrons. The van der Waals surface area contributed by atoms with Crippen molar-refractivity contribution in [2.45, 2.75) is 26.4 Å². The molecule has 0 radical (unpaired) electrons. The molecule has 11 nitrogen and oxygen atoms in total. The molecular formula is C18H22N6O5. The molecule has 0 N–H and O–H groups in total. The molecular weight excluding hydrogens is 380 g/mol. The zero-order valence-corrected chi connectivity index (χ0v) is 16.4. The highest BCUT2D eigenvalue weighted by Crippen LogP contribution is 2.24. The summed E-state index contributed by atoms with van der Waals surface area (Å²) in [6.45, 7) is 6.68. The molecule has 1 saturated heterocycles. The number of ether oxygens (including phenoxy) is 1. The summed E-state index contributed by atoms with van der Waals surface area (Å²) in [5.74, 6) is -0.331. The van der Waals surface area contributed by atoms with Crippen LogP contribution in [-0.4, -0.2) is 73.3 Å². The van der Waals surface area contributed by atoms with Crippen LogP contribution in [-0.2, 0) is 4.74 Å². The number of benzene rings is 1. The standard InChI is InChI=1S/C18H22N6O5/c1-18(2,3)29-17(26)22-8-6-21(7-9-22)16(25)13-4-5-14(15(10-13)24(27)28)23-12-19-11-20-23/h4-5,10-12H,6-9H2,1-3H3. The van der Waals surface area contributed by atoms with E-state index in [9.17, 15) is 19.7 Å². The number of amides is 2. The molecule has 2 heterocycles. The van der Waals surface area contributed by atoms with Gasteiger partial charge in [-0.05, 0) is 32.9 Å². The van der Waals surface area contributed by atoms with Gasteiger partial charge in [-0.3, -0.25) is 14.9 Å². The first-order chi connectivity index (χ1) is 13.7. The van der Waals surface area contributed by atoms with E-state index in [1.165, 1.54) is 35.5 Å². The van der Waals surface area contributed by atoms with Crippen molar-refractivity contribution in [3.8, 4) is 5.69 Å². The van der Waals surface area contributed by atoms with Gasteiger partial charge in [-0.15, -0.1) is 0 Å². The number of carbonyl (C=O) groups is 2. The van der Waals surface area contributed by atoms with Crippen molar-refractivity contribution < 1.29 is 19.2 Å². The molecule has 2 amide bonds. The SMILES string of the molecule is CC(C)(C)OC(=O)N1CCN(C(=O)c2ccc(-n3cncn3)c([N+](=O)[O-])c2)CC1. The third kappa shape index (κ3) is 4.68. The summed E-state index contributed by atoms with van der Waals surface area (Å²) in [6.07, 6.45) is 2.20. The van der Waals surface area contributed by atoms with Crippen molar-refractivity contribution in [2.75, 3.05) is 26.2 Å². The van der Waals surface area contributed by atoms with Gasteiger partial charge < -0.3 is 14.5 Å². The minimum Gasteiger partial charge on any atom is -0.444 e. The normalized spacial score (nSPS) is 14.6. The van der Waals surface area contributed by atoms with Gasteiger partial charge >= 0.3 is 6.09 Å². The van der Waals surface area contributed by atoms with Gasteiger partial charge in [0.05, 0.1) is 4.92 Å². The van der Waals surface area contributed by atoms with Gasteiger partial charge in [-0.2, -0.15) is 5.10 Å². The minimum absolute atomic E-state index is 0.200. The summed E-state index contributed by atoms with van der Waals surface area (Å²) >= 11 is 0. The number of piperazine rings is 1. The molecule has 1 fully saturated rings. The van der Waals surface area contributed by atoms with Crippen LogP contribution in [0.4, 0.5) is 10.5 Å². The van der Waals surface area contributed by atoms with E-state index in [0.29, 0.717) is 26.2 Å². The Labute approximate surface area is 167 Å². The lowest BCUT2D eigenvalue weighted by atomic mass is 10.1. The fraction of sp³-hybridized carbons (Fsp3) is 0.444. The second-order valence-electron chi connectivity index (χ2n) is 7.56. The lowest BCUT2D eigenvalue weighted by Gasteiger charge is -2.35. The first kappa shape index (κ1) is 20.2. The molecule has 0 spiro atoms. The Kier molecular flexibility index (Phi) is 5.48. The molecule has 11 heteroatoms. The number of nitrogens with zero attached hydrogens (tertiary/aromatic N) is 6. The van der Waals surface area contributed by atoms with Crippen LogP contribution >= 0.6 is 0 Å². The lowest BCUT2D eigenvalue weighted by molar-refractivity contribution is -0.384. The predicted octanol–water partition coefficient (Wildman–Crippen LogP) is 1.87. The maximum atomic E-state index is 12.8. The molecule has 0 atom stereocenters. The summed E-state index contributed by atoms with van der Waals surface area (Å²) in [4.78, 5) is 42.7. The van der Waals surface area contributed by atoms with Crippen LogP contribution in [0.2, 0.25) is 0 Å². The van der Waals surface area contributed by atoms with E-state index in [4.69, 9.17) is 4.74 Å². The minimum atomic E-state index is -0.588. The van der Waals surface area contributed by atoms with Crippen LogP contribution < -0.4 is 0 Å². The van der Waals surface area contributed by atoms with Gasteiger partial charge in [0.2, 0.25) is 0 Å². The first-order valence-corrected chi connectivity index (χ1v) is 9.06. The van der Waals surface area contributed by atoms with Crippen LogP contribution in [0, 0.1) is 10.1 Å². The third-order valence-corrected chi connectivity index (χ3v) is 4.30. The number of hydrogen-bond acceptors (Lipinski definition) is 7. The van der Waals surface area contributed by atoms with E-state index in [0.717, 1.165) is 0 Å². The van der Waals surface area contributed by atoms with Crippen molar-refractivity contribution >= 4 is 17.7 Å². The molecule has 3 rings (SSSR count). The number of nitro groups is 1. The van der Waals surface area contributed by atoms with Crippen molar-refractivity contribution in [3.63, 3.8) is 0 Å². The van der Waals surface area contributed by atoms with E-state index < -0.39 is 16.6 Å². The van der Waals surface area contributed by atoms with Crippen molar-refractivity contribution in [1.82, 2.24) is 24.6 Å². The van der Waals surface area contributed by atoms with E-state index in [2.05, 4.69) is 10.1 Å². The topological polar surface area (TPSA) is 124 Å². The third-order valence-electron chi connectivity index (χ3n) is 4.30. The summed E-state index contributed by atoms with van der Waals surface area (Å²) in [5, 5.41) is 15.4. The molecule has 0 aliphatic carbocycles. The van der Waals surface area contributed by atoms with Crippen LogP contribution in [0.1, 0.15) is 31.1 Å². The molecule has 1 aromatic heterocycles. The van der Waals surface area contributed by atoms with Gasteiger partial charge in [0.25, 0.3) is 11.6 Å². The Morgan fingerprint density at radius 2 is 1.79 bits per heavy atom. The number of rotatable bonds is 3. The van der Waals surface area contributed by atoms with Crippen LogP contribution in [0.3, 0.4) is 0 Å². The zero-order valence-electron chi connectivity index (χ0n) is 16.4.